The Balaban J connectivity index is 1.49. The molecule has 2 aromatic carbocycles. The summed E-state index contributed by atoms with van der Waals surface area (Å²) >= 11 is 1.08. The van der Waals surface area contributed by atoms with Crippen LogP contribution in [-0.4, -0.2) is 28.7 Å². The second-order valence-electron chi connectivity index (χ2n) is 5.37. The Kier molecular flexibility index (Phi) is 5.52. The molecule has 1 aromatic heterocycles. The van der Waals surface area contributed by atoms with E-state index in [0.29, 0.717) is 22.0 Å². The molecule has 8 heteroatoms. The zero-order valence-electron chi connectivity index (χ0n) is 13.8. The van der Waals surface area contributed by atoms with Crippen LogP contribution in [0.4, 0.5) is 10.1 Å². The standard InChI is InChI=1S/C18H15FN2O4S/c1-11(17(23)20-13-6-4-5-12(19)9-13)24-16(22)10-26-18-21-14-7-2-3-8-15(14)25-18/h2-9,11H,10H2,1H3,(H,20,23)/t11-/m1/s1. The molecule has 0 fully saturated rings. The van der Waals surface area contributed by atoms with E-state index in [1.165, 1.54) is 25.1 Å². The number of ether oxygens (including phenoxy) is 1. The molecule has 0 bridgehead atoms. The molecule has 1 amide bonds. The molecule has 0 unspecified atom stereocenters. The van der Waals surface area contributed by atoms with E-state index in [0.717, 1.165) is 11.8 Å². The molecule has 3 rings (SSSR count). The number of fused-ring (bicyclic) bond motifs is 1. The van der Waals surface area contributed by atoms with E-state index < -0.39 is 23.8 Å². The number of rotatable bonds is 6. The number of anilines is 1. The van der Waals surface area contributed by atoms with Crippen LogP contribution < -0.4 is 5.32 Å². The lowest BCUT2D eigenvalue weighted by Gasteiger charge is -2.13. The summed E-state index contributed by atoms with van der Waals surface area (Å²) in [5.41, 5.74) is 1.62. The molecule has 0 spiro atoms. The molecule has 134 valence electrons. The van der Waals surface area contributed by atoms with Crippen molar-refractivity contribution in [2.45, 2.75) is 18.3 Å². The smallest absolute Gasteiger partial charge is 0.317 e. The largest absolute Gasteiger partial charge is 0.452 e. The summed E-state index contributed by atoms with van der Waals surface area (Å²) in [7, 11) is 0. The summed E-state index contributed by atoms with van der Waals surface area (Å²) in [5, 5.41) is 2.83. The van der Waals surface area contributed by atoms with Crippen LogP contribution in [0.1, 0.15) is 6.92 Å². The van der Waals surface area contributed by atoms with Crippen molar-refractivity contribution in [3.8, 4) is 0 Å². The monoisotopic (exact) mass is 374 g/mol. The third-order valence-electron chi connectivity index (χ3n) is 3.36. The normalized spacial score (nSPS) is 11.9. The number of hydrogen-bond acceptors (Lipinski definition) is 6. The fraction of sp³-hybridized carbons (Fsp3) is 0.167. The van der Waals surface area contributed by atoms with Crippen molar-refractivity contribution in [1.29, 1.82) is 0 Å². The lowest BCUT2D eigenvalue weighted by molar-refractivity contribution is -0.150. The van der Waals surface area contributed by atoms with Gasteiger partial charge in [-0.3, -0.25) is 9.59 Å². The van der Waals surface area contributed by atoms with Gasteiger partial charge in [-0.1, -0.05) is 30.0 Å². The third kappa shape index (κ3) is 4.60. The first-order valence-corrected chi connectivity index (χ1v) is 8.74. The third-order valence-corrected chi connectivity index (χ3v) is 4.16. The zero-order chi connectivity index (χ0) is 18.5. The van der Waals surface area contributed by atoms with Crippen LogP contribution in [-0.2, 0) is 14.3 Å². The van der Waals surface area contributed by atoms with E-state index >= 15 is 0 Å². The van der Waals surface area contributed by atoms with Crippen molar-refractivity contribution in [2.24, 2.45) is 0 Å². The number of thioether (sulfide) groups is 1. The first-order chi connectivity index (χ1) is 12.5. The van der Waals surface area contributed by atoms with Crippen LogP contribution in [0.2, 0.25) is 0 Å². The van der Waals surface area contributed by atoms with Gasteiger partial charge in [0.2, 0.25) is 0 Å². The maximum atomic E-state index is 13.1. The van der Waals surface area contributed by atoms with E-state index in [1.807, 2.05) is 12.1 Å². The van der Waals surface area contributed by atoms with Crippen molar-refractivity contribution in [3.63, 3.8) is 0 Å². The van der Waals surface area contributed by atoms with Gasteiger partial charge in [-0.05, 0) is 37.3 Å². The Bertz CT molecular complexity index is 911. The van der Waals surface area contributed by atoms with Gasteiger partial charge in [0.1, 0.15) is 17.1 Å². The summed E-state index contributed by atoms with van der Waals surface area (Å²) in [6.07, 6.45) is -1.02. The molecule has 0 saturated carbocycles. The van der Waals surface area contributed by atoms with E-state index in [2.05, 4.69) is 10.3 Å². The Morgan fingerprint density at radius 1 is 1.27 bits per heavy atom. The van der Waals surface area contributed by atoms with Gasteiger partial charge in [-0.25, -0.2) is 9.37 Å². The maximum absolute atomic E-state index is 13.1. The zero-order valence-corrected chi connectivity index (χ0v) is 14.6. The van der Waals surface area contributed by atoms with Gasteiger partial charge in [0.05, 0.1) is 0 Å². The van der Waals surface area contributed by atoms with E-state index in [4.69, 9.17) is 9.15 Å². The van der Waals surface area contributed by atoms with Crippen LogP contribution in [0.15, 0.2) is 58.2 Å². The number of aromatic nitrogens is 1. The molecule has 1 heterocycles. The fourth-order valence-electron chi connectivity index (χ4n) is 2.13. The maximum Gasteiger partial charge on any atom is 0.317 e. The molecular weight excluding hydrogens is 359 g/mol. The average Bonchev–Trinajstić information content (AvgIpc) is 3.03. The molecule has 0 radical (unpaired) electrons. The number of nitrogens with one attached hydrogen (secondary N) is 1. The number of halogens is 1. The Morgan fingerprint density at radius 2 is 2.08 bits per heavy atom. The minimum atomic E-state index is -1.02. The average molecular weight is 374 g/mol. The van der Waals surface area contributed by atoms with Crippen LogP contribution in [0.25, 0.3) is 11.1 Å². The molecule has 3 aromatic rings. The molecular formula is C18H15FN2O4S. The van der Waals surface area contributed by atoms with Crippen molar-refractivity contribution in [1.82, 2.24) is 4.98 Å². The summed E-state index contributed by atoms with van der Waals surface area (Å²) in [4.78, 5) is 28.1. The molecule has 1 atom stereocenters. The Labute approximate surface area is 152 Å². The summed E-state index contributed by atoms with van der Waals surface area (Å²) in [5.74, 6) is -1.65. The van der Waals surface area contributed by atoms with E-state index in [9.17, 15) is 14.0 Å². The highest BCUT2D eigenvalue weighted by Crippen LogP contribution is 2.23. The Hall–Kier alpha value is -2.87. The number of esters is 1. The van der Waals surface area contributed by atoms with Gasteiger partial charge in [0.25, 0.3) is 11.1 Å². The summed E-state index contributed by atoms with van der Waals surface area (Å²) in [6.45, 7) is 1.44. The van der Waals surface area contributed by atoms with Crippen LogP contribution in [0.5, 0.6) is 0 Å². The van der Waals surface area contributed by atoms with Gasteiger partial charge in [-0.15, -0.1) is 0 Å². The summed E-state index contributed by atoms with van der Waals surface area (Å²) < 4.78 is 23.7. The number of nitrogens with zero attached hydrogens (tertiary/aromatic N) is 1. The number of hydrogen-bond donors (Lipinski definition) is 1. The van der Waals surface area contributed by atoms with Crippen LogP contribution >= 0.6 is 11.8 Å². The first kappa shape index (κ1) is 17.9. The highest BCUT2D eigenvalue weighted by Gasteiger charge is 2.19. The SMILES string of the molecule is C[C@@H](OC(=O)CSc1nc2ccccc2o1)C(=O)Nc1cccc(F)c1. The van der Waals surface area contributed by atoms with Crippen molar-refractivity contribution in [3.05, 3.63) is 54.3 Å². The minimum absolute atomic E-state index is 0.0512. The number of benzene rings is 2. The second-order valence-corrected chi connectivity index (χ2v) is 6.29. The van der Waals surface area contributed by atoms with Gasteiger partial charge >= 0.3 is 5.97 Å². The Morgan fingerprint density at radius 3 is 2.85 bits per heavy atom. The molecule has 0 aliphatic heterocycles. The molecule has 0 saturated heterocycles. The van der Waals surface area contributed by atoms with Crippen molar-refractivity contribution in [2.75, 3.05) is 11.1 Å². The van der Waals surface area contributed by atoms with Gasteiger partial charge in [-0.2, -0.15) is 0 Å². The van der Waals surface area contributed by atoms with Crippen molar-refractivity contribution < 1.29 is 23.1 Å². The molecule has 26 heavy (non-hydrogen) atoms. The fourth-order valence-corrected chi connectivity index (χ4v) is 2.75. The number of amides is 1. The van der Waals surface area contributed by atoms with E-state index in [-0.39, 0.29) is 5.75 Å². The highest BCUT2D eigenvalue weighted by atomic mass is 32.2. The number of carbonyl (C=O) groups excluding carboxylic acids is 2. The number of oxazole rings is 1. The summed E-state index contributed by atoms with van der Waals surface area (Å²) in [6, 6.07) is 12.7. The van der Waals surface area contributed by atoms with Gasteiger partial charge in [0, 0.05) is 5.69 Å². The lowest BCUT2D eigenvalue weighted by atomic mass is 10.3. The first-order valence-electron chi connectivity index (χ1n) is 7.75. The highest BCUT2D eigenvalue weighted by molar-refractivity contribution is 7.99. The predicted octanol–water partition coefficient (Wildman–Crippen LogP) is 3.63. The predicted molar refractivity (Wildman–Crippen MR) is 95.3 cm³/mol. The quantitative estimate of drug-likeness (QED) is 0.524. The molecule has 0 aliphatic carbocycles. The topological polar surface area (TPSA) is 81.4 Å². The number of carbonyl (C=O) groups is 2. The van der Waals surface area contributed by atoms with Crippen molar-refractivity contribution >= 4 is 40.4 Å². The second kappa shape index (κ2) is 8.01. The van der Waals surface area contributed by atoms with E-state index in [1.54, 1.807) is 18.2 Å². The molecule has 6 nitrogen and oxygen atoms in total. The molecule has 1 N–H and O–H groups in total. The number of para-hydroxylation sites is 2. The van der Waals surface area contributed by atoms with Gasteiger partial charge in [0.15, 0.2) is 11.7 Å². The molecule has 0 aliphatic rings. The van der Waals surface area contributed by atoms with Gasteiger partial charge < -0.3 is 14.5 Å². The lowest BCUT2D eigenvalue weighted by Crippen LogP contribution is -2.30. The van der Waals surface area contributed by atoms with Crippen LogP contribution in [0, 0.1) is 5.82 Å². The van der Waals surface area contributed by atoms with Crippen LogP contribution in [0.3, 0.4) is 0 Å². The minimum Gasteiger partial charge on any atom is -0.452 e.